The highest BCUT2D eigenvalue weighted by molar-refractivity contribution is 6.00. The number of methoxy groups -OCH3 is 1. The average molecular weight is 1030 g/mol. The van der Waals surface area contributed by atoms with Crippen LogP contribution in [0.2, 0.25) is 0 Å². The lowest BCUT2D eigenvalue weighted by atomic mass is 10.0. The molecule has 10 rings (SSSR count). The lowest BCUT2D eigenvalue weighted by Crippen LogP contribution is -2.53. The lowest BCUT2D eigenvalue weighted by molar-refractivity contribution is -0.160. The number of hydrogen-bond donors (Lipinski definition) is 3. The number of halogens is 4. The highest BCUT2D eigenvalue weighted by Crippen LogP contribution is 2.30. The predicted molar refractivity (Wildman–Crippen MR) is 255 cm³/mol. The summed E-state index contributed by atoms with van der Waals surface area (Å²) in [6.07, 6.45) is 0.505. The van der Waals surface area contributed by atoms with Crippen molar-refractivity contribution in [2.24, 2.45) is 0 Å². The minimum Gasteiger partial charge on any atom is -0.480 e. The highest BCUT2D eigenvalue weighted by atomic mass is 19.1. The van der Waals surface area contributed by atoms with Gasteiger partial charge in [0, 0.05) is 25.9 Å². The summed E-state index contributed by atoms with van der Waals surface area (Å²) in [5.74, 6) is -6.33. The fourth-order valence-corrected chi connectivity index (χ4v) is 9.13. The van der Waals surface area contributed by atoms with Gasteiger partial charge in [-0.2, -0.15) is 0 Å². The van der Waals surface area contributed by atoms with Crippen LogP contribution in [0.5, 0.6) is 0 Å². The molecule has 75 heavy (non-hydrogen) atoms. The molecule has 22 heteroatoms. The van der Waals surface area contributed by atoms with Crippen LogP contribution in [0.15, 0.2) is 84.9 Å². The van der Waals surface area contributed by atoms with Gasteiger partial charge < -0.3 is 39.8 Å². The summed E-state index contributed by atoms with van der Waals surface area (Å²) >= 11 is 0. The molecule has 18 nitrogen and oxygen atoms in total. The molecule has 4 aromatic carbocycles. The Hall–Kier alpha value is -8.50. The summed E-state index contributed by atoms with van der Waals surface area (Å²) in [5, 5.41) is 14.7. The summed E-state index contributed by atoms with van der Waals surface area (Å²) in [4.78, 5) is 94.0. The van der Waals surface area contributed by atoms with E-state index >= 15 is 0 Å². The van der Waals surface area contributed by atoms with Crippen molar-refractivity contribution in [2.45, 2.75) is 50.9 Å². The Kier molecular flexibility index (Phi) is 15.3. The van der Waals surface area contributed by atoms with E-state index in [1.807, 2.05) is 0 Å². The Bertz CT molecular complexity index is 3200. The van der Waals surface area contributed by atoms with Crippen molar-refractivity contribution in [3.63, 3.8) is 0 Å². The van der Waals surface area contributed by atoms with Crippen LogP contribution >= 0.6 is 0 Å². The van der Waals surface area contributed by atoms with Crippen LogP contribution in [0.4, 0.5) is 17.6 Å². The fraction of sp³-hybridized carbons (Fsp3) is 0.283. The minimum absolute atomic E-state index is 0.0199. The second-order valence-corrected chi connectivity index (χ2v) is 17.7. The Morgan fingerprint density at radius 1 is 0.587 bits per heavy atom. The minimum atomic E-state index is -1.11. The van der Waals surface area contributed by atoms with Crippen LogP contribution in [0.1, 0.15) is 65.7 Å². The van der Waals surface area contributed by atoms with Crippen molar-refractivity contribution in [3.05, 3.63) is 164 Å². The van der Waals surface area contributed by atoms with Gasteiger partial charge >= 0.3 is 11.9 Å². The highest BCUT2D eigenvalue weighted by Gasteiger charge is 2.35. The molecule has 0 spiro atoms. The molecule has 386 valence electrons. The van der Waals surface area contributed by atoms with Gasteiger partial charge in [-0.15, -0.1) is 0 Å². The molecule has 4 aliphatic rings. The zero-order chi connectivity index (χ0) is 52.9. The van der Waals surface area contributed by atoms with E-state index in [-0.39, 0.29) is 117 Å². The van der Waals surface area contributed by atoms with Gasteiger partial charge in [-0.25, -0.2) is 47.1 Å². The van der Waals surface area contributed by atoms with Gasteiger partial charge in [0.05, 0.1) is 104 Å². The summed E-state index contributed by atoms with van der Waals surface area (Å²) in [6, 6.07) is 19.4. The molecule has 4 amide bonds. The molecule has 0 radical (unpaired) electrons. The number of rotatable bonds is 12. The second kappa shape index (κ2) is 22.3. The maximum absolute atomic E-state index is 14.4. The first-order valence-electron chi connectivity index (χ1n) is 23.6. The van der Waals surface area contributed by atoms with Gasteiger partial charge in [0.1, 0.15) is 23.3 Å². The molecule has 0 bridgehead atoms. The molecule has 2 aromatic heterocycles. The van der Waals surface area contributed by atoms with Gasteiger partial charge in [0.2, 0.25) is 11.8 Å². The van der Waals surface area contributed by atoms with E-state index in [4.69, 9.17) is 14.2 Å². The monoisotopic (exact) mass is 1030 g/mol. The molecule has 6 aromatic rings. The SMILES string of the molecule is COC(=O)C1COCCN1C(=O)Cc1ccc(Cc2nc(-c3c(F)cccc3F)nc3c2C(=O)NC3)cc1.O=C1NCc2nc(-c3c(F)cccc3F)nc(Cc3ccc(CC(=O)N4CCOCC4C(=O)O)cc3)c21. The first-order chi connectivity index (χ1) is 36.2. The lowest BCUT2D eigenvalue weighted by Gasteiger charge is -2.33. The van der Waals surface area contributed by atoms with Crippen LogP contribution in [0.25, 0.3) is 22.8 Å². The molecule has 0 saturated carbocycles. The third-order valence-electron chi connectivity index (χ3n) is 12.9. The molecule has 0 aliphatic carbocycles. The number of aromatic nitrogens is 4. The zero-order valence-corrected chi connectivity index (χ0v) is 40.0. The Balaban J connectivity index is 0.000000184. The molecule has 3 N–H and O–H groups in total. The number of carboxylic acid groups (broad SMARTS) is 1. The summed E-state index contributed by atoms with van der Waals surface area (Å²) in [6.45, 7) is 1.44. The second-order valence-electron chi connectivity index (χ2n) is 17.7. The van der Waals surface area contributed by atoms with Crippen molar-refractivity contribution in [3.8, 4) is 22.8 Å². The maximum Gasteiger partial charge on any atom is 0.331 e. The van der Waals surface area contributed by atoms with Crippen LogP contribution in [-0.2, 0) is 72.2 Å². The zero-order valence-electron chi connectivity index (χ0n) is 40.0. The largest absolute Gasteiger partial charge is 0.480 e. The Labute approximate surface area is 425 Å². The normalized spacial score (nSPS) is 16.8. The first-order valence-corrected chi connectivity index (χ1v) is 23.6. The molecular formula is C53H46F4N8O10. The van der Waals surface area contributed by atoms with Gasteiger partial charge in [0.15, 0.2) is 23.7 Å². The Morgan fingerprint density at radius 2 is 0.973 bits per heavy atom. The number of esters is 1. The molecular weight excluding hydrogens is 985 g/mol. The van der Waals surface area contributed by atoms with Crippen molar-refractivity contribution >= 4 is 35.6 Å². The van der Waals surface area contributed by atoms with Crippen molar-refractivity contribution in [1.29, 1.82) is 0 Å². The maximum atomic E-state index is 14.4. The number of carboxylic acids is 1. The Morgan fingerprint density at radius 3 is 1.37 bits per heavy atom. The number of aliphatic carboxylic acids is 1. The van der Waals surface area contributed by atoms with E-state index < -0.39 is 47.3 Å². The third-order valence-corrected chi connectivity index (χ3v) is 12.9. The number of nitrogens with one attached hydrogen (secondary N) is 2. The van der Waals surface area contributed by atoms with E-state index in [1.54, 1.807) is 48.5 Å². The van der Waals surface area contributed by atoms with Crippen molar-refractivity contribution < 1.29 is 65.6 Å². The predicted octanol–water partition coefficient (Wildman–Crippen LogP) is 4.31. The number of ether oxygens (including phenoxy) is 3. The van der Waals surface area contributed by atoms with Gasteiger partial charge in [0.25, 0.3) is 11.8 Å². The average Bonchev–Trinajstić information content (AvgIpc) is 3.98. The number of benzene rings is 4. The van der Waals surface area contributed by atoms with Gasteiger partial charge in [-0.1, -0.05) is 60.7 Å². The van der Waals surface area contributed by atoms with Crippen LogP contribution < -0.4 is 10.6 Å². The van der Waals surface area contributed by atoms with E-state index in [9.17, 15) is 51.4 Å². The number of nitrogens with zero attached hydrogens (tertiary/aromatic N) is 6. The molecule has 2 atom stereocenters. The number of carbonyl (C=O) groups is 6. The topological polar surface area (TPSA) is 232 Å². The van der Waals surface area contributed by atoms with E-state index in [0.717, 1.165) is 41.0 Å². The third kappa shape index (κ3) is 11.2. The van der Waals surface area contributed by atoms with E-state index in [0.29, 0.717) is 47.1 Å². The molecule has 2 fully saturated rings. The molecule has 6 heterocycles. The molecule has 2 unspecified atom stereocenters. The number of carbonyl (C=O) groups excluding carboxylic acids is 5. The molecule has 4 aliphatic heterocycles. The van der Waals surface area contributed by atoms with Crippen LogP contribution in [-0.4, -0.2) is 129 Å². The number of hydrogen-bond acceptors (Lipinski definition) is 13. The standard InChI is InChI=1S/C27H24F2N4O5.C26H22F2N4O5/c1-37-27(36)21-14-38-10-9-33(21)22(34)12-16-7-5-15(6-8-16)11-19-24-20(13-30-26(24)35)32-25(31-19)23-17(28)3-2-4-18(23)29;27-16-2-1-3-17(28)22(16)24-30-18(23-19(31-24)12-29-25(23)34)10-14-4-6-15(7-5-14)11-21(33)32-8-9-37-13-20(32)26(35)36/h2-8,21H,9-14H2,1H3,(H,30,35);1-7,20H,8-13H2,(H,29,34)(H,35,36). The molecule has 2 saturated heterocycles. The van der Waals surface area contributed by atoms with Gasteiger partial charge in [-0.3, -0.25) is 19.2 Å². The van der Waals surface area contributed by atoms with Crippen LogP contribution in [0.3, 0.4) is 0 Å². The van der Waals surface area contributed by atoms with Crippen molar-refractivity contribution in [1.82, 2.24) is 40.4 Å². The smallest absolute Gasteiger partial charge is 0.331 e. The van der Waals surface area contributed by atoms with Crippen LogP contribution in [0, 0.1) is 23.3 Å². The number of amides is 4. The first kappa shape index (κ1) is 51.4. The van der Waals surface area contributed by atoms with Gasteiger partial charge in [-0.05, 0) is 46.5 Å². The van der Waals surface area contributed by atoms with E-state index in [1.165, 1.54) is 29.0 Å². The fourth-order valence-electron chi connectivity index (χ4n) is 9.13. The summed E-state index contributed by atoms with van der Waals surface area (Å²) < 4.78 is 73.0. The summed E-state index contributed by atoms with van der Waals surface area (Å²) in [7, 11) is 1.27. The quantitative estimate of drug-likeness (QED) is 0.115. The number of fused-ring (bicyclic) bond motifs is 2. The van der Waals surface area contributed by atoms with E-state index in [2.05, 4.69) is 30.6 Å². The number of morpholine rings is 2. The van der Waals surface area contributed by atoms with Crippen molar-refractivity contribution in [2.75, 3.05) is 46.6 Å². The summed E-state index contributed by atoms with van der Waals surface area (Å²) in [5.41, 5.74) is 4.25.